The van der Waals surface area contributed by atoms with Gasteiger partial charge in [-0.2, -0.15) is 0 Å². The van der Waals surface area contributed by atoms with E-state index in [0.29, 0.717) is 5.56 Å². The highest BCUT2D eigenvalue weighted by molar-refractivity contribution is 6.04. The predicted octanol–water partition coefficient (Wildman–Crippen LogP) is 3.66. The fraction of sp³-hybridized carbons (Fsp3) is 0.304. The summed E-state index contributed by atoms with van der Waals surface area (Å²) < 4.78 is 6.76. The second-order valence-corrected chi connectivity index (χ2v) is 7.25. The van der Waals surface area contributed by atoms with Crippen LogP contribution >= 0.6 is 0 Å². The molecule has 2 aromatic carbocycles. The monoisotopic (exact) mass is 376 g/mol. The first-order valence-electron chi connectivity index (χ1n) is 9.67. The highest BCUT2D eigenvalue weighted by atomic mass is 16.5. The van der Waals surface area contributed by atoms with Crippen LogP contribution in [0.25, 0.3) is 10.9 Å². The lowest BCUT2D eigenvalue weighted by Gasteiger charge is -2.25. The SMILES string of the molecule is COC(=O)c1cn(CC(=O)N2CCC[C@H]2Cc2ccccc2)c2ccccc12. The molecule has 0 spiro atoms. The van der Waals surface area contributed by atoms with E-state index >= 15 is 0 Å². The summed E-state index contributed by atoms with van der Waals surface area (Å²) in [4.78, 5) is 27.2. The second kappa shape index (κ2) is 7.89. The highest BCUT2D eigenvalue weighted by Crippen LogP contribution is 2.25. The van der Waals surface area contributed by atoms with Gasteiger partial charge in [-0.05, 0) is 30.9 Å². The zero-order chi connectivity index (χ0) is 19.5. The lowest BCUT2D eigenvalue weighted by Crippen LogP contribution is -2.38. The van der Waals surface area contributed by atoms with E-state index in [2.05, 4.69) is 12.1 Å². The first-order valence-corrected chi connectivity index (χ1v) is 9.67. The fourth-order valence-corrected chi connectivity index (χ4v) is 4.15. The van der Waals surface area contributed by atoms with Gasteiger partial charge >= 0.3 is 5.97 Å². The van der Waals surface area contributed by atoms with Gasteiger partial charge in [0.15, 0.2) is 0 Å². The number of esters is 1. The first-order chi connectivity index (χ1) is 13.7. The second-order valence-electron chi connectivity index (χ2n) is 7.25. The summed E-state index contributed by atoms with van der Waals surface area (Å²) in [6.07, 6.45) is 4.67. The molecule has 1 aromatic heterocycles. The van der Waals surface area contributed by atoms with Crippen LogP contribution in [-0.2, 0) is 22.5 Å². The summed E-state index contributed by atoms with van der Waals surface area (Å²) in [5, 5.41) is 0.810. The molecule has 0 N–H and O–H groups in total. The zero-order valence-corrected chi connectivity index (χ0v) is 16.0. The molecule has 0 saturated carbocycles. The van der Waals surface area contributed by atoms with Crippen molar-refractivity contribution in [2.75, 3.05) is 13.7 Å². The van der Waals surface area contributed by atoms with E-state index in [1.54, 1.807) is 6.20 Å². The lowest BCUT2D eigenvalue weighted by molar-refractivity contribution is -0.132. The van der Waals surface area contributed by atoms with E-state index in [1.807, 2.05) is 51.9 Å². The molecule has 28 heavy (non-hydrogen) atoms. The molecule has 1 saturated heterocycles. The Bertz CT molecular complexity index is 994. The first kappa shape index (κ1) is 18.3. The molecule has 1 fully saturated rings. The van der Waals surface area contributed by atoms with Crippen LogP contribution < -0.4 is 0 Å². The number of nitrogens with zero attached hydrogens (tertiary/aromatic N) is 2. The number of methoxy groups -OCH3 is 1. The minimum absolute atomic E-state index is 0.0931. The van der Waals surface area contributed by atoms with E-state index in [-0.39, 0.29) is 24.5 Å². The number of fused-ring (bicyclic) bond motifs is 1. The number of benzene rings is 2. The molecule has 0 unspecified atom stereocenters. The maximum Gasteiger partial charge on any atom is 0.340 e. The number of aromatic nitrogens is 1. The van der Waals surface area contributed by atoms with Crippen molar-refractivity contribution in [1.82, 2.24) is 9.47 Å². The molecule has 2 heterocycles. The van der Waals surface area contributed by atoms with E-state index in [0.717, 1.165) is 36.7 Å². The predicted molar refractivity (Wildman–Crippen MR) is 108 cm³/mol. The lowest BCUT2D eigenvalue weighted by atomic mass is 10.0. The number of amides is 1. The number of rotatable bonds is 5. The van der Waals surface area contributed by atoms with Gasteiger partial charge in [0.25, 0.3) is 0 Å². The molecule has 1 aliphatic heterocycles. The van der Waals surface area contributed by atoms with Gasteiger partial charge in [0.2, 0.25) is 5.91 Å². The largest absolute Gasteiger partial charge is 0.465 e. The summed E-state index contributed by atoms with van der Waals surface area (Å²) in [7, 11) is 1.37. The van der Waals surface area contributed by atoms with Crippen LogP contribution in [0, 0.1) is 0 Å². The van der Waals surface area contributed by atoms with Crippen LogP contribution in [0.5, 0.6) is 0 Å². The van der Waals surface area contributed by atoms with E-state index in [1.165, 1.54) is 12.7 Å². The van der Waals surface area contributed by atoms with Gasteiger partial charge < -0.3 is 14.2 Å². The molecule has 144 valence electrons. The summed E-state index contributed by atoms with van der Waals surface area (Å²) in [5.74, 6) is -0.291. The van der Waals surface area contributed by atoms with Gasteiger partial charge in [0, 0.05) is 29.7 Å². The van der Waals surface area contributed by atoms with Crippen molar-refractivity contribution < 1.29 is 14.3 Å². The Morgan fingerprint density at radius 3 is 2.61 bits per heavy atom. The van der Waals surface area contributed by atoms with Crippen LogP contribution in [0.2, 0.25) is 0 Å². The minimum atomic E-state index is -0.384. The van der Waals surface area contributed by atoms with Crippen molar-refractivity contribution in [1.29, 1.82) is 0 Å². The van der Waals surface area contributed by atoms with Crippen molar-refractivity contribution in [2.45, 2.75) is 31.8 Å². The van der Waals surface area contributed by atoms with E-state index in [4.69, 9.17) is 4.74 Å². The van der Waals surface area contributed by atoms with Crippen molar-refractivity contribution in [3.8, 4) is 0 Å². The molecule has 0 aliphatic carbocycles. The minimum Gasteiger partial charge on any atom is -0.465 e. The molecule has 0 radical (unpaired) electrons. The van der Waals surface area contributed by atoms with Gasteiger partial charge in [-0.15, -0.1) is 0 Å². The number of ether oxygens (including phenoxy) is 1. The van der Waals surface area contributed by atoms with Crippen molar-refractivity contribution in [3.05, 3.63) is 71.9 Å². The Kier molecular flexibility index (Phi) is 5.15. The van der Waals surface area contributed by atoms with Crippen LogP contribution in [0.15, 0.2) is 60.8 Å². The van der Waals surface area contributed by atoms with E-state index < -0.39 is 0 Å². The number of hydrogen-bond donors (Lipinski definition) is 0. The highest BCUT2D eigenvalue weighted by Gasteiger charge is 2.29. The Hall–Kier alpha value is -3.08. The van der Waals surface area contributed by atoms with Crippen molar-refractivity contribution in [3.63, 3.8) is 0 Å². The maximum absolute atomic E-state index is 13.1. The van der Waals surface area contributed by atoms with Gasteiger partial charge in [0.1, 0.15) is 6.54 Å². The normalized spacial score (nSPS) is 16.5. The van der Waals surface area contributed by atoms with Crippen molar-refractivity contribution in [2.24, 2.45) is 0 Å². The zero-order valence-electron chi connectivity index (χ0n) is 16.0. The molecular weight excluding hydrogens is 352 g/mol. The maximum atomic E-state index is 13.1. The van der Waals surface area contributed by atoms with Crippen LogP contribution in [-0.4, -0.2) is 41.0 Å². The third-order valence-corrected chi connectivity index (χ3v) is 5.51. The Morgan fingerprint density at radius 2 is 1.82 bits per heavy atom. The Morgan fingerprint density at radius 1 is 1.07 bits per heavy atom. The quantitative estimate of drug-likeness (QED) is 0.639. The van der Waals surface area contributed by atoms with Crippen LogP contribution in [0.3, 0.4) is 0 Å². The van der Waals surface area contributed by atoms with Gasteiger partial charge in [0.05, 0.1) is 12.7 Å². The molecule has 3 aromatic rings. The summed E-state index contributed by atoms with van der Waals surface area (Å²) in [6.45, 7) is 1.02. The van der Waals surface area contributed by atoms with Crippen LogP contribution in [0.1, 0.15) is 28.8 Å². The number of para-hydroxylation sites is 1. The third kappa shape index (κ3) is 3.52. The fourth-order valence-electron chi connectivity index (χ4n) is 4.15. The molecular formula is C23H24N2O3. The molecule has 1 amide bonds. The summed E-state index contributed by atoms with van der Waals surface area (Å²) in [5.41, 5.74) is 2.62. The third-order valence-electron chi connectivity index (χ3n) is 5.51. The van der Waals surface area contributed by atoms with Crippen molar-refractivity contribution >= 4 is 22.8 Å². The molecule has 1 aliphatic rings. The topological polar surface area (TPSA) is 51.5 Å². The number of likely N-dealkylation sites (tertiary alicyclic amines) is 1. The molecule has 4 rings (SSSR count). The molecule has 5 heteroatoms. The number of hydrogen-bond acceptors (Lipinski definition) is 3. The summed E-state index contributed by atoms with van der Waals surface area (Å²) >= 11 is 0. The van der Waals surface area contributed by atoms with E-state index in [9.17, 15) is 9.59 Å². The molecule has 1 atom stereocenters. The van der Waals surface area contributed by atoms with Gasteiger partial charge in [-0.1, -0.05) is 48.5 Å². The van der Waals surface area contributed by atoms with Gasteiger partial charge in [-0.25, -0.2) is 4.79 Å². The smallest absolute Gasteiger partial charge is 0.340 e. The number of carbonyl (C=O) groups is 2. The average Bonchev–Trinajstić information content (AvgIpc) is 3.33. The van der Waals surface area contributed by atoms with Gasteiger partial charge in [-0.3, -0.25) is 4.79 Å². The Balaban J connectivity index is 1.55. The molecule has 5 nitrogen and oxygen atoms in total. The Labute approximate surface area is 164 Å². The molecule has 0 bridgehead atoms. The van der Waals surface area contributed by atoms with Crippen LogP contribution in [0.4, 0.5) is 0 Å². The summed E-state index contributed by atoms with van der Waals surface area (Å²) in [6, 6.07) is 18.2. The standard InChI is InChI=1S/C23H24N2O3/c1-28-23(27)20-15-24(21-12-6-5-11-19(20)21)16-22(26)25-13-7-10-18(25)14-17-8-3-2-4-9-17/h2-6,8-9,11-12,15,18H,7,10,13-14,16H2,1H3/t18-/m0/s1. The number of carbonyl (C=O) groups excluding carboxylic acids is 2. The average molecular weight is 376 g/mol.